The highest BCUT2D eigenvalue weighted by Gasteiger charge is 2.15. The Labute approximate surface area is 106 Å². The first-order valence-electron chi connectivity index (χ1n) is 5.76. The van der Waals surface area contributed by atoms with Gasteiger partial charge in [-0.05, 0) is 23.9 Å². The summed E-state index contributed by atoms with van der Waals surface area (Å²) < 4.78 is 0. The number of thiophene rings is 1. The fraction of sp³-hybridized carbons (Fsp3) is 0.286. The molecule has 2 N–H and O–H groups in total. The molecule has 0 saturated carbocycles. The standard InChI is InChI=1S/C14H17NOS/c1-11(15-10-13-8-5-9-17-13)14(16)12-6-3-2-4-7-12/h2-9,11,14-16H,10H2,1H3/t11-,14-/m0/s1. The molecule has 90 valence electrons. The Bertz CT molecular complexity index is 427. The van der Waals surface area contributed by atoms with Gasteiger partial charge in [0.15, 0.2) is 0 Å². The summed E-state index contributed by atoms with van der Waals surface area (Å²) in [5.41, 5.74) is 0.957. The van der Waals surface area contributed by atoms with E-state index in [2.05, 4.69) is 16.8 Å². The molecule has 1 aromatic heterocycles. The zero-order valence-electron chi connectivity index (χ0n) is 9.84. The molecule has 0 aliphatic rings. The number of nitrogens with one attached hydrogen (secondary N) is 1. The van der Waals surface area contributed by atoms with E-state index in [4.69, 9.17) is 0 Å². The van der Waals surface area contributed by atoms with Crippen molar-refractivity contribution in [3.05, 3.63) is 58.3 Å². The largest absolute Gasteiger partial charge is 0.387 e. The van der Waals surface area contributed by atoms with Gasteiger partial charge in [0.05, 0.1) is 6.10 Å². The van der Waals surface area contributed by atoms with Crippen LogP contribution in [0.4, 0.5) is 0 Å². The van der Waals surface area contributed by atoms with Crippen molar-refractivity contribution >= 4 is 11.3 Å². The molecule has 0 aliphatic heterocycles. The molecule has 0 saturated heterocycles. The molecular formula is C14H17NOS. The fourth-order valence-corrected chi connectivity index (χ4v) is 2.38. The molecule has 2 rings (SSSR count). The SMILES string of the molecule is C[C@H](NCc1cccs1)[C@H](O)c1ccccc1. The highest BCUT2D eigenvalue weighted by molar-refractivity contribution is 7.09. The van der Waals surface area contributed by atoms with E-state index in [0.717, 1.165) is 12.1 Å². The van der Waals surface area contributed by atoms with Gasteiger partial charge in [0.1, 0.15) is 0 Å². The van der Waals surface area contributed by atoms with Crippen molar-refractivity contribution in [3.63, 3.8) is 0 Å². The van der Waals surface area contributed by atoms with Gasteiger partial charge in [-0.1, -0.05) is 36.4 Å². The average molecular weight is 247 g/mol. The van der Waals surface area contributed by atoms with Crippen LogP contribution in [0.15, 0.2) is 47.8 Å². The van der Waals surface area contributed by atoms with Gasteiger partial charge in [0, 0.05) is 17.5 Å². The number of benzene rings is 1. The van der Waals surface area contributed by atoms with Crippen LogP contribution in [0.1, 0.15) is 23.5 Å². The molecule has 2 aromatic rings. The van der Waals surface area contributed by atoms with Crippen molar-refractivity contribution in [2.45, 2.75) is 25.6 Å². The molecule has 1 aromatic carbocycles. The van der Waals surface area contributed by atoms with Crippen molar-refractivity contribution in [2.24, 2.45) is 0 Å². The van der Waals surface area contributed by atoms with Crippen LogP contribution in [0.2, 0.25) is 0 Å². The normalized spacial score (nSPS) is 14.5. The second-order valence-electron chi connectivity index (χ2n) is 4.10. The fourth-order valence-electron chi connectivity index (χ4n) is 1.73. The first-order valence-corrected chi connectivity index (χ1v) is 6.64. The van der Waals surface area contributed by atoms with E-state index in [-0.39, 0.29) is 6.04 Å². The molecule has 1 heterocycles. The lowest BCUT2D eigenvalue weighted by Gasteiger charge is -2.20. The summed E-state index contributed by atoms with van der Waals surface area (Å²) in [7, 11) is 0. The summed E-state index contributed by atoms with van der Waals surface area (Å²) >= 11 is 1.73. The number of aliphatic hydroxyl groups is 1. The second kappa shape index (κ2) is 5.96. The number of hydrogen-bond acceptors (Lipinski definition) is 3. The van der Waals surface area contributed by atoms with Crippen molar-refractivity contribution in [1.82, 2.24) is 5.32 Å². The zero-order valence-corrected chi connectivity index (χ0v) is 10.7. The Balaban J connectivity index is 1.89. The Morgan fingerprint density at radius 2 is 1.94 bits per heavy atom. The van der Waals surface area contributed by atoms with Crippen molar-refractivity contribution < 1.29 is 5.11 Å². The van der Waals surface area contributed by atoms with Gasteiger partial charge in [-0.25, -0.2) is 0 Å². The van der Waals surface area contributed by atoms with Crippen molar-refractivity contribution in [2.75, 3.05) is 0 Å². The van der Waals surface area contributed by atoms with Gasteiger partial charge in [-0.2, -0.15) is 0 Å². The third-order valence-corrected chi connectivity index (χ3v) is 3.67. The Morgan fingerprint density at radius 3 is 2.59 bits per heavy atom. The van der Waals surface area contributed by atoms with Gasteiger partial charge in [-0.15, -0.1) is 11.3 Å². The van der Waals surface area contributed by atoms with E-state index >= 15 is 0 Å². The van der Waals surface area contributed by atoms with Gasteiger partial charge in [-0.3, -0.25) is 0 Å². The van der Waals surface area contributed by atoms with Crippen molar-refractivity contribution in [3.8, 4) is 0 Å². The summed E-state index contributed by atoms with van der Waals surface area (Å²) in [6, 6.07) is 13.9. The van der Waals surface area contributed by atoms with Gasteiger partial charge < -0.3 is 10.4 Å². The van der Waals surface area contributed by atoms with E-state index in [9.17, 15) is 5.11 Å². The molecule has 17 heavy (non-hydrogen) atoms. The minimum Gasteiger partial charge on any atom is -0.387 e. The smallest absolute Gasteiger partial charge is 0.0940 e. The van der Waals surface area contributed by atoms with Gasteiger partial charge >= 0.3 is 0 Å². The monoisotopic (exact) mass is 247 g/mol. The maximum atomic E-state index is 10.2. The highest BCUT2D eigenvalue weighted by atomic mass is 32.1. The van der Waals surface area contributed by atoms with Crippen LogP contribution >= 0.6 is 11.3 Å². The van der Waals surface area contributed by atoms with Gasteiger partial charge in [0.25, 0.3) is 0 Å². The molecule has 0 radical (unpaired) electrons. The maximum absolute atomic E-state index is 10.2. The molecule has 0 spiro atoms. The Kier molecular flexibility index (Phi) is 4.31. The molecule has 0 bridgehead atoms. The lowest BCUT2D eigenvalue weighted by atomic mass is 10.0. The number of rotatable bonds is 5. The van der Waals surface area contributed by atoms with Crippen molar-refractivity contribution in [1.29, 1.82) is 0 Å². The summed E-state index contributed by atoms with van der Waals surface area (Å²) in [5, 5.41) is 15.6. The lowest BCUT2D eigenvalue weighted by molar-refractivity contribution is 0.135. The first kappa shape index (κ1) is 12.3. The summed E-state index contributed by atoms with van der Waals surface area (Å²) in [4.78, 5) is 1.29. The number of aliphatic hydroxyl groups excluding tert-OH is 1. The third-order valence-electron chi connectivity index (χ3n) is 2.79. The first-order chi connectivity index (χ1) is 8.27. The zero-order chi connectivity index (χ0) is 12.1. The molecule has 2 atom stereocenters. The molecule has 0 aliphatic carbocycles. The van der Waals surface area contributed by atoms with Crippen LogP contribution in [-0.2, 0) is 6.54 Å². The summed E-state index contributed by atoms with van der Waals surface area (Å²) in [6.45, 7) is 2.81. The lowest BCUT2D eigenvalue weighted by Crippen LogP contribution is -2.31. The van der Waals surface area contributed by atoms with Crippen LogP contribution < -0.4 is 5.32 Å². The predicted octanol–water partition coefficient (Wildman–Crippen LogP) is 2.96. The van der Waals surface area contributed by atoms with Crippen LogP contribution in [0.25, 0.3) is 0 Å². The topological polar surface area (TPSA) is 32.3 Å². The van der Waals surface area contributed by atoms with E-state index in [0.29, 0.717) is 0 Å². The van der Waals surface area contributed by atoms with E-state index in [1.165, 1.54) is 4.88 Å². The minimum absolute atomic E-state index is 0.0412. The molecule has 0 unspecified atom stereocenters. The Morgan fingerprint density at radius 1 is 1.18 bits per heavy atom. The maximum Gasteiger partial charge on any atom is 0.0940 e. The summed E-state index contributed by atoms with van der Waals surface area (Å²) in [6.07, 6.45) is -0.462. The van der Waals surface area contributed by atoms with Crippen LogP contribution in [-0.4, -0.2) is 11.1 Å². The van der Waals surface area contributed by atoms with E-state index in [1.54, 1.807) is 11.3 Å². The number of hydrogen-bond donors (Lipinski definition) is 2. The highest BCUT2D eigenvalue weighted by Crippen LogP contribution is 2.17. The van der Waals surface area contributed by atoms with E-state index in [1.807, 2.05) is 43.3 Å². The summed E-state index contributed by atoms with van der Waals surface area (Å²) in [5.74, 6) is 0. The molecular weight excluding hydrogens is 230 g/mol. The van der Waals surface area contributed by atoms with Crippen LogP contribution in [0.5, 0.6) is 0 Å². The molecule has 0 amide bonds. The quantitative estimate of drug-likeness (QED) is 0.851. The van der Waals surface area contributed by atoms with Crippen LogP contribution in [0, 0.1) is 0 Å². The molecule has 0 fully saturated rings. The third kappa shape index (κ3) is 3.40. The molecule has 3 heteroatoms. The van der Waals surface area contributed by atoms with E-state index < -0.39 is 6.10 Å². The van der Waals surface area contributed by atoms with Crippen LogP contribution in [0.3, 0.4) is 0 Å². The average Bonchev–Trinajstić information content (AvgIpc) is 2.89. The minimum atomic E-state index is -0.462. The Hall–Kier alpha value is -1.16. The molecule has 2 nitrogen and oxygen atoms in total. The predicted molar refractivity (Wildman–Crippen MR) is 72.0 cm³/mol. The van der Waals surface area contributed by atoms with Gasteiger partial charge in [0.2, 0.25) is 0 Å². The second-order valence-corrected chi connectivity index (χ2v) is 5.14.